The van der Waals surface area contributed by atoms with Gasteiger partial charge in [-0.15, -0.1) is 0 Å². The molecule has 0 amide bonds. The van der Waals surface area contributed by atoms with Gasteiger partial charge in [0.1, 0.15) is 11.5 Å². The highest BCUT2D eigenvalue weighted by molar-refractivity contribution is 5.43. The van der Waals surface area contributed by atoms with E-state index >= 15 is 0 Å². The first-order valence-electron chi connectivity index (χ1n) is 9.94. The number of aromatic hydroxyl groups is 2. The molecule has 1 unspecified atom stereocenters. The number of rotatable bonds is 5. The van der Waals surface area contributed by atoms with Gasteiger partial charge in [-0.2, -0.15) is 0 Å². The predicted octanol–water partition coefficient (Wildman–Crippen LogP) is 3.51. The molecular formula is C23H30N2O2. The highest BCUT2D eigenvalue weighted by Crippen LogP contribution is 2.47. The first kappa shape index (κ1) is 18.3. The lowest BCUT2D eigenvalue weighted by molar-refractivity contribution is 0.0905. The highest BCUT2D eigenvalue weighted by Gasteiger charge is 2.44. The summed E-state index contributed by atoms with van der Waals surface area (Å²) in [6.07, 6.45) is 4.55. The first-order chi connectivity index (χ1) is 12.9. The molecule has 2 bridgehead atoms. The van der Waals surface area contributed by atoms with E-state index in [2.05, 4.69) is 30.0 Å². The highest BCUT2D eigenvalue weighted by atomic mass is 16.3. The van der Waals surface area contributed by atoms with Gasteiger partial charge in [0.2, 0.25) is 0 Å². The third kappa shape index (κ3) is 3.69. The number of likely N-dealkylation sites (N-methyl/N-ethyl adjacent to an activating group) is 1. The molecule has 2 aromatic carbocycles. The molecule has 4 rings (SSSR count). The van der Waals surface area contributed by atoms with Crippen LogP contribution in [-0.2, 0) is 18.4 Å². The largest absolute Gasteiger partial charge is 0.508 e. The lowest BCUT2D eigenvalue weighted by atomic mass is 9.62. The standard InChI is InChI=1S/C23H30N2O2/c1-24(16-17-3-6-20(26)7-4-17)11-9-23-10-12-25(2)19(15-23)13-18-5-8-21(27)14-22(18)23/h3-8,14,19,26-27H,9-13,15-16H2,1-2H3/t19?,23-/m1/s1. The Balaban J connectivity index is 1.51. The normalized spacial score (nSPS) is 24.8. The van der Waals surface area contributed by atoms with Crippen molar-refractivity contribution in [3.8, 4) is 11.5 Å². The number of phenols is 2. The number of likely N-dealkylation sites (tertiary alicyclic amines) is 1. The van der Waals surface area contributed by atoms with Crippen LogP contribution in [-0.4, -0.2) is 53.2 Å². The van der Waals surface area contributed by atoms with Crippen LogP contribution in [0.3, 0.4) is 0 Å². The van der Waals surface area contributed by atoms with E-state index in [9.17, 15) is 10.2 Å². The average Bonchev–Trinajstić information content (AvgIpc) is 2.66. The number of fused-ring (bicyclic) bond motifs is 4. The van der Waals surface area contributed by atoms with Crippen LogP contribution in [0.1, 0.15) is 36.0 Å². The fourth-order valence-electron chi connectivity index (χ4n) is 5.00. The van der Waals surface area contributed by atoms with E-state index in [0.29, 0.717) is 17.5 Å². The Kier molecular flexibility index (Phi) is 4.87. The van der Waals surface area contributed by atoms with Crippen LogP contribution >= 0.6 is 0 Å². The van der Waals surface area contributed by atoms with Crippen LogP contribution in [0.4, 0.5) is 0 Å². The molecule has 2 N–H and O–H groups in total. The molecule has 2 aliphatic rings. The maximum absolute atomic E-state index is 10.1. The summed E-state index contributed by atoms with van der Waals surface area (Å²) in [4.78, 5) is 4.87. The minimum absolute atomic E-state index is 0.173. The van der Waals surface area contributed by atoms with Crippen molar-refractivity contribution < 1.29 is 10.2 Å². The molecule has 4 nitrogen and oxygen atoms in total. The molecule has 1 saturated heterocycles. The fourth-order valence-corrected chi connectivity index (χ4v) is 5.00. The van der Waals surface area contributed by atoms with Gasteiger partial charge in [0.15, 0.2) is 0 Å². The zero-order valence-electron chi connectivity index (χ0n) is 16.4. The Labute approximate surface area is 162 Å². The number of hydrogen-bond donors (Lipinski definition) is 2. The summed E-state index contributed by atoms with van der Waals surface area (Å²) in [5.41, 5.74) is 4.18. The quantitative estimate of drug-likeness (QED) is 0.850. The summed E-state index contributed by atoms with van der Waals surface area (Å²) < 4.78 is 0. The van der Waals surface area contributed by atoms with E-state index in [-0.39, 0.29) is 5.41 Å². The van der Waals surface area contributed by atoms with Crippen molar-refractivity contribution in [3.05, 3.63) is 59.2 Å². The predicted molar refractivity (Wildman–Crippen MR) is 108 cm³/mol. The van der Waals surface area contributed by atoms with E-state index < -0.39 is 0 Å². The topological polar surface area (TPSA) is 46.9 Å². The molecule has 1 heterocycles. The maximum atomic E-state index is 10.1. The number of phenolic OH excluding ortho intramolecular Hbond substituents is 2. The Hall–Kier alpha value is -2.04. The van der Waals surface area contributed by atoms with Crippen LogP contribution < -0.4 is 0 Å². The van der Waals surface area contributed by atoms with Gasteiger partial charge in [-0.3, -0.25) is 0 Å². The second-order valence-electron chi connectivity index (χ2n) is 8.57. The molecule has 1 aliphatic heterocycles. The molecule has 0 aromatic heterocycles. The molecule has 144 valence electrons. The van der Waals surface area contributed by atoms with Gasteiger partial charge in [-0.05, 0) is 99.2 Å². The Bertz CT molecular complexity index is 805. The van der Waals surface area contributed by atoms with Crippen LogP contribution in [0.2, 0.25) is 0 Å². The number of hydrogen-bond acceptors (Lipinski definition) is 4. The zero-order valence-corrected chi connectivity index (χ0v) is 16.4. The molecule has 2 aromatic rings. The molecule has 0 radical (unpaired) electrons. The van der Waals surface area contributed by atoms with Crippen LogP contribution in [0.15, 0.2) is 42.5 Å². The summed E-state index contributed by atoms with van der Waals surface area (Å²) in [6, 6.07) is 14.1. The van der Waals surface area contributed by atoms with Crippen LogP contribution in [0.5, 0.6) is 11.5 Å². The minimum atomic E-state index is 0.173. The Morgan fingerprint density at radius 2 is 1.85 bits per heavy atom. The maximum Gasteiger partial charge on any atom is 0.115 e. The van der Waals surface area contributed by atoms with Gasteiger partial charge >= 0.3 is 0 Å². The molecular weight excluding hydrogens is 336 g/mol. The second kappa shape index (κ2) is 7.17. The lowest BCUT2D eigenvalue weighted by Crippen LogP contribution is -2.52. The summed E-state index contributed by atoms with van der Waals surface area (Å²) in [6.45, 7) is 3.03. The second-order valence-corrected chi connectivity index (χ2v) is 8.57. The van der Waals surface area contributed by atoms with Gasteiger partial charge in [0.25, 0.3) is 0 Å². The molecule has 0 spiro atoms. The summed E-state index contributed by atoms with van der Waals surface area (Å²) >= 11 is 0. The van der Waals surface area contributed by atoms with Crippen molar-refractivity contribution in [2.24, 2.45) is 0 Å². The van der Waals surface area contributed by atoms with Crippen LogP contribution in [0, 0.1) is 0 Å². The van der Waals surface area contributed by atoms with Gasteiger partial charge in [-0.25, -0.2) is 0 Å². The molecule has 4 heteroatoms. The fraction of sp³-hybridized carbons (Fsp3) is 0.478. The first-order valence-corrected chi connectivity index (χ1v) is 9.94. The smallest absolute Gasteiger partial charge is 0.115 e. The Morgan fingerprint density at radius 3 is 2.63 bits per heavy atom. The van der Waals surface area contributed by atoms with Gasteiger partial charge < -0.3 is 20.0 Å². The molecule has 0 saturated carbocycles. The number of piperidine rings is 1. The van der Waals surface area contributed by atoms with E-state index in [1.54, 1.807) is 12.1 Å². The third-order valence-electron chi connectivity index (χ3n) is 6.67. The van der Waals surface area contributed by atoms with Crippen molar-refractivity contribution in [1.82, 2.24) is 9.80 Å². The minimum Gasteiger partial charge on any atom is -0.508 e. The molecule has 27 heavy (non-hydrogen) atoms. The third-order valence-corrected chi connectivity index (χ3v) is 6.67. The van der Waals surface area contributed by atoms with Crippen molar-refractivity contribution in [3.63, 3.8) is 0 Å². The van der Waals surface area contributed by atoms with E-state index in [1.165, 1.54) is 23.1 Å². The average molecular weight is 367 g/mol. The van der Waals surface area contributed by atoms with Gasteiger partial charge in [0.05, 0.1) is 0 Å². The van der Waals surface area contributed by atoms with Crippen LogP contribution in [0.25, 0.3) is 0 Å². The molecule has 1 fully saturated rings. The zero-order chi connectivity index (χ0) is 19.0. The van der Waals surface area contributed by atoms with E-state index in [4.69, 9.17) is 0 Å². The summed E-state index contributed by atoms with van der Waals surface area (Å²) in [5, 5.41) is 19.6. The van der Waals surface area contributed by atoms with Crippen molar-refractivity contribution >= 4 is 0 Å². The lowest BCUT2D eigenvalue weighted by Gasteiger charge is -2.51. The van der Waals surface area contributed by atoms with E-state index in [1.807, 2.05) is 24.3 Å². The number of nitrogens with zero attached hydrogens (tertiary/aromatic N) is 2. The monoisotopic (exact) mass is 366 g/mol. The number of benzene rings is 2. The summed E-state index contributed by atoms with van der Waals surface area (Å²) in [7, 11) is 4.42. The molecule has 1 aliphatic carbocycles. The van der Waals surface area contributed by atoms with Gasteiger partial charge in [0, 0.05) is 12.6 Å². The van der Waals surface area contributed by atoms with Crippen molar-refractivity contribution in [2.75, 3.05) is 27.2 Å². The Morgan fingerprint density at radius 1 is 1.11 bits per heavy atom. The molecule has 2 atom stereocenters. The van der Waals surface area contributed by atoms with Crippen molar-refractivity contribution in [1.29, 1.82) is 0 Å². The van der Waals surface area contributed by atoms with E-state index in [0.717, 1.165) is 38.9 Å². The summed E-state index contributed by atoms with van der Waals surface area (Å²) in [5.74, 6) is 0.708. The SMILES string of the molecule is CN(CC[C@]12CCN(C)C(Cc3ccc(O)cc31)C2)Cc1ccc(O)cc1. The van der Waals surface area contributed by atoms with Gasteiger partial charge in [-0.1, -0.05) is 18.2 Å². The van der Waals surface area contributed by atoms with Crippen molar-refractivity contribution in [2.45, 2.75) is 43.7 Å².